The first-order chi connectivity index (χ1) is 13.6. The Hall–Kier alpha value is -2.04. The molecule has 1 heterocycles. The van der Waals surface area contributed by atoms with E-state index in [1.807, 2.05) is 13.8 Å². The van der Waals surface area contributed by atoms with E-state index in [1.54, 1.807) is 0 Å². The first-order valence-corrected chi connectivity index (χ1v) is 10.1. The van der Waals surface area contributed by atoms with Crippen molar-refractivity contribution >= 4 is 23.5 Å². The van der Waals surface area contributed by atoms with E-state index in [4.69, 9.17) is 5.73 Å². The number of piperazine rings is 1. The van der Waals surface area contributed by atoms with Crippen LogP contribution in [0.15, 0.2) is 0 Å². The van der Waals surface area contributed by atoms with Gasteiger partial charge in [-0.3, -0.25) is 19.2 Å². The molecule has 1 aliphatic rings. The average molecular weight is 414 g/mol. The van der Waals surface area contributed by atoms with Crippen LogP contribution in [-0.2, 0) is 19.2 Å². The Morgan fingerprint density at radius 1 is 1.21 bits per heavy atom. The highest BCUT2D eigenvalue weighted by Crippen LogP contribution is 2.11. The van der Waals surface area contributed by atoms with Crippen molar-refractivity contribution in [3.05, 3.63) is 0 Å². The molecule has 0 aromatic carbocycles. The minimum absolute atomic E-state index is 0.126. The van der Waals surface area contributed by atoms with Gasteiger partial charge in [0.2, 0.25) is 17.7 Å². The van der Waals surface area contributed by atoms with Gasteiger partial charge in [-0.15, -0.1) is 0 Å². The molecule has 0 unspecified atom stereocenters. The van der Waals surface area contributed by atoms with Gasteiger partial charge in [0.1, 0.15) is 12.1 Å². The van der Waals surface area contributed by atoms with Crippen LogP contribution >= 0.6 is 0 Å². The first-order valence-electron chi connectivity index (χ1n) is 10.1. The molecule has 29 heavy (non-hydrogen) atoms. The van der Waals surface area contributed by atoms with E-state index in [2.05, 4.69) is 16.0 Å². The minimum Gasteiger partial charge on any atom is -0.391 e. The Morgan fingerprint density at radius 3 is 2.38 bits per heavy atom. The molecule has 1 saturated heterocycles. The molecule has 6 N–H and O–H groups in total. The predicted molar refractivity (Wildman–Crippen MR) is 108 cm³/mol. The number of nitrogens with two attached hydrogens (primary N) is 1. The number of rotatable bonds is 10. The second-order valence-electron chi connectivity index (χ2n) is 7.88. The number of hydrogen-bond donors (Lipinski definition) is 5. The van der Waals surface area contributed by atoms with Gasteiger partial charge < -0.3 is 31.7 Å². The summed E-state index contributed by atoms with van der Waals surface area (Å²) in [6.07, 6.45) is -0.615. The van der Waals surface area contributed by atoms with Gasteiger partial charge in [-0.25, -0.2) is 0 Å². The monoisotopic (exact) mass is 413 g/mol. The molecule has 166 valence electrons. The van der Waals surface area contributed by atoms with Crippen LogP contribution in [0.25, 0.3) is 0 Å². The predicted octanol–water partition coefficient (Wildman–Crippen LogP) is -1.88. The van der Waals surface area contributed by atoms with Crippen molar-refractivity contribution in [1.82, 2.24) is 20.9 Å². The topological polar surface area (TPSA) is 154 Å². The van der Waals surface area contributed by atoms with Gasteiger partial charge in [0.25, 0.3) is 0 Å². The fourth-order valence-corrected chi connectivity index (χ4v) is 3.16. The molecule has 4 atom stereocenters. The van der Waals surface area contributed by atoms with Crippen molar-refractivity contribution in [2.45, 2.75) is 64.8 Å². The van der Waals surface area contributed by atoms with Crippen LogP contribution < -0.4 is 21.7 Å². The highest BCUT2D eigenvalue weighted by molar-refractivity contribution is 5.94. The van der Waals surface area contributed by atoms with Gasteiger partial charge >= 0.3 is 0 Å². The van der Waals surface area contributed by atoms with E-state index in [0.717, 1.165) is 0 Å². The third kappa shape index (κ3) is 7.71. The van der Waals surface area contributed by atoms with Crippen LogP contribution in [0.1, 0.15) is 40.5 Å². The lowest BCUT2D eigenvalue weighted by Crippen LogP contribution is -2.63. The maximum Gasteiger partial charge on any atom is 0.245 e. The first kappa shape index (κ1) is 25.0. The number of hydrogen-bond acceptors (Lipinski definition) is 7. The van der Waals surface area contributed by atoms with Gasteiger partial charge in [-0.2, -0.15) is 0 Å². The van der Waals surface area contributed by atoms with Gasteiger partial charge in [0, 0.05) is 26.1 Å². The quantitative estimate of drug-likeness (QED) is 0.281. The Balaban J connectivity index is 2.87. The highest BCUT2D eigenvalue weighted by Gasteiger charge is 2.36. The molecule has 0 aliphatic carbocycles. The van der Waals surface area contributed by atoms with Crippen LogP contribution in [0, 0.1) is 5.92 Å². The summed E-state index contributed by atoms with van der Waals surface area (Å²) in [4.78, 5) is 51.1. The largest absolute Gasteiger partial charge is 0.391 e. The van der Waals surface area contributed by atoms with Crippen molar-refractivity contribution in [2.75, 3.05) is 26.2 Å². The van der Waals surface area contributed by atoms with Gasteiger partial charge in [0.05, 0.1) is 12.1 Å². The summed E-state index contributed by atoms with van der Waals surface area (Å²) in [5.41, 5.74) is 5.47. The van der Waals surface area contributed by atoms with E-state index in [1.165, 1.54) is 18.7 Å². The summed E-state index contributed by atoms with van der Waals surface area (Å²) in [5.74, 6) is -1.44. The molecule has 0 bridgehead atoms. The number of nitrogens with one attached hydrogen (secondary N) is 3. The van der Waals surface area contributed by atoms with Crippen molar-refractivity contribution in [2.24, 2.45) is 11.7 Å². The fourth-order valence-electron chi connectivity index (χ4n) is 3.16. The molecule has 0 saturated carbocycles. The Bertz CT molecular complexity index is 596. The van der Waals surface area contributed by atoms with E-state index in [-0.39, 0.29) is 37.1 Å². The fraction of sp³-hybridized carbons (Fsp3) is 0.789. The number of carbonyl (C=O) groups is 4. The van der Waals surface area contributed by atoms with E-state index < -0.39 is 36.0 Å². The number of amides is 3. The lowest BCUT2D eigenvalue weighted by atomic mass is 10.1. The smallest absolute Gasteiger partial charge is 0.245 e. The van der Waals surface area contributed by atoms with Gasteiger partial charge in [-0.1, -0.05) is 13.8 Å². The number of aliphatic hydroxyl groups is 1. The van der Waals surface area contributed by atoms with Crippen LogP contribution in [0.5, 0.6) is 0 Å². The summed E-state index contributed by atoms with van der Waals surface area (Å²) in [7, 11) is 0. The summed E-state index contributed by atoms with van der Waals surface area (Å²) in [6, 6.07) is -2.83. The number of Topliss-reactive ketones (excluding diaryl/α,β-unsaturated/α-hetero) is 1. The molecule has 0 aromatic rings. The molecule has 0 radical (unpaired) electrons. The van der Waals surface area contributed by atoms with Crippen molar-refractivity contribution in [3.63, 3.8) is 0 Å². The number of aliphatic hydroxyl groups excluding tert-OH is 1. The Morgan fingerprint density at radius 2 is 1.86 bits per heavy atom. The Kier molecular flexibility index (Phi) is 10.2. The molecular weight excluding hydrogens is 378 g/mol. The van der Waals surface area contributed by atoms with Crippen LogP contribution in [-0.4, -0.2) is 83.9 Å². The van der Waals surface area contributed by atoms with Crippen LogP contribution in [0.4, 0.5) is 0 Å². The van der Waals surface area contributed by atoms with Gasteiger partial charge in [0.15, 0.2) is 5.78 Å². The van der Waals surface area contributed by atoms with Crippen molar-refractivity contribution < 1.29 is 24.3 Å². The van der Waals surface area contributed by atoms with Gasteiger partial charge in [-0.05, 0) is 32.7 Å². The van der Waals surface area contributed by atoms with Crippen LogP contribution in [0.2, 0.25) is 0 Å². The molecule has 10 heteroatoms. The molecule has 3 amide bonds. The highest BCUT2D eigenvalue weighted by atomic mass is 16.3. The SMILES string of the molecule is CC(=O)[C@H](CCN)NC(=O)[C@@H](NC(=O)[C@@H]1CNCCN1C(=O)CC(C)C)[C@H](C)O. The molecule has 1 aliphatic heterocycles. The zero-order valence-corrected chi connectivity index (χ0v) is 17.7. The number of carbonyl (C=O) groups excluding carboxylic acids is 4. The van der Waals surface area contributed by atoms with Crippen LogP contribution in [0.3, 0.4) is 0 Å². The maximum atomic E-state index is 12.8. The molecule has 1 rings (SSSR count). The number of ketones is 1. The Labute approximate surface area is 171 Å². The zero-order valence-electron chi connectivity index (χ0n) is 17.7. The molecule has 10 nitrogen and oxygen atoms in total. The molecule has 1 fully saturated rings. The van der Waals surface area contributed by atoms with E-state index in [0.29, 0.717) is 19.5 Å². The molecule has 0 aromatic heterocycles. The second kappa shape index (κ2) is 11.8. The summed E-state index contributed by atoms with van der Waals surface area (Å²) in [6.45, 7) is 7.99. The lowest BCUT2D eigenvalue weighted by Gasteiger charge is -2.36. The van der Waals surface area contributed by atoms with E-state index >= 15 is 0 Å². The maximum absolute atomic E-state index is 12.8. The summed E-state index contributed by atoms with van der Waals surface area (Å²) in [5, 5.41) is 18.2. The third-order valence-electron chi connectivity index (χ3n) is 4.77. The van der Waals surface area contributed by atoms with Crippen molar-refractivity contribution in [1.29, 1.82) is 0 Å². The summed E-state index contributed by atoms with van der Waals surface area (Å²) < 4.78 is 0. The number of nitrogens with zero attached hydrogens (tertiary/aromatic N) is 1. The second-order valence-corrected chi connectivity index (χ2v) is 7.88. The minimum atomic E-state index is -1.26. The standard InChI is InChI=1S/C19H35N5O5/c1-11(2)9-16(27)24-8-7-21-10-15(24)18(28)23-17(13(4)26)19(29)22-14(5-6-20)12(3)25/h11,13-15,17,21,26H,5-10,20H2,1-4H3,(H,22,29)(H,23,28)/t13-,14-,15-,17-/m0/s1. The molecule has 0 spiro atoms. The van der Waals surface area contributed by atoms with Crippen molar-refractivity contribution in [3.8, 4) is 0 Å². The van der Waals surface area contributed by atoms with E-state index in [9.17, 15) is 24.3 Å². The lowest BCUT2D eigenvalue weighted by molar-refractivity contribution is -0.143. The normalized spacial score (nSPS) is 20.0. The third-order valence-corrected chi connectivity index (χ3v) is 4.77. The summed E-state index contributed by atoms with van der Waals surface area (Å²) >= 11 is 0. The molecular formula is C19H35N5O5. The average Bonchev–Trinajstić information content (AvgIpc) is 2.64. The zero-order chi connectivity index (χ0) is 22.1.